The van der Waals surface area contributed by atoms with Gasteiger partial charge in [0.2, 0.25) is 0 Å². The molecule has 2 heterocycles. The molecule has 0 atom stereocenters. The lowest BCUT2D eigenvalue weighted by atomic mass is 10.2. The SMILES string of the molecule is O=c1[nH]c(=O)n(Cc2ccccc2)c2ncn(Cc3ccccc3Br)c12. The molecule has 0 saturated heterocycles. The maximum Gasteiger partial charge on any atom is 0.330 e. The fraction of sp³-hybridized carbons (Fsp3) is 0.105. The zero-order chi connectivity index (χ0) is 18.1. The molecule has 0 bridgehead atoms. The summed E-state index contributed by atoms with van der Waals surface area (Å²) in [6.45, 7) is 0.823. The lowest BCUT2D eigenvalue weighted by Crippen LogP contribution is -2.31. The number of rotatable bonds is 4. The lowest BCUT2D eigenvalue weighted by molar-refractivity contribution is 0.745. The van der Waals surface area contributed by atoms with Crippen LogP contribution in [0.3, 0.4) is 0 Å². The van der Waals surface area contributed by atoms with E-state index in [0.29, 0.717) is 24.3 Å². The Kier molecular flexibility index (Phi) is 4.30. The minimum absolute atomic E-state index is 0.346. The second-order valence-corrected chi connectivity index (χ2v) is 6.82. The molecule has 4 rings (SSSR count). The zero-order valence-corrected chi connectivity index (χ0v) is 15.3. The fourth-order valence-electron chi connectivity index (χ4n) is 2.96. The number of aromatic amines is 1. The standard InChI is InChI=1S/C19H15BrN4O2/c20-15-9-5-4-8-14(15)11-23-12-21-17-16(23)18(25)22-19(26)24(17)10-13-6-2-1-3-7-13/h1-9,12H,10-11H2,(H,22,25,26). The second kappa shape index (κ2) is 6.76. The van der Waals surface area contributed by atoms with Crippen LogP contribution in [0.1, 0.15) is 11.1 Å². The van der Waals surface area contributed by atoms with Crippen LogP contribution in [0, 0.1) is 0 Å². The molecule has 130 valence electrons. The fourth-order valence-corrected chi connectivity index (χ4v) is 3.37. The van der Waals surface area contributed by atoms with E-state index in [1.165, 1.54) is 4.57 Å². The van der Waals surface area contributed by atoms with Gasteiger partial charge < -0.3 is 4.57 Å². The molecule has 4 aromatic rings. The van der Waals surface area contributed by atoms with Crippen molar-refractivity contribution in [2.75, 3.05) is 0 Å². The highest BCUT2D eigenvalue weighted by Crippen LogP contribution is 2.18. The van der Waals surface area contributed by atoms with Gasteiger partial charge in [-0.2, -0.15) is 0 Å². The third-order valence-electron chi connectivity index (χ3n) is 4.24. The molecule has 2 aromatic carbocycles. The van der Waals surface area contributed by atoms with E-state index in [2.05, 4.69) is 25.9 Å². The first kappa shape index (κ1) is 16.5. The molecular formula is C19H15BrN4O2. The maximum atomic E-state index is 12.4. The Bertz CT molecular complexity index is 1190. The number of H-pyrrole nitrogens is 1. The van der Waals surface area contributed by atoms with E-state index in [4.69, 9.17) is 0 Å². The molecule has 0 aliphatic heterocycles. The number of halogens is 1. The lowest BCUT2D eigenvalue weighted by Gasteiger charge is -2.08. The van der Waals surface area contributed by atoms with Gasteiger partial charge in [0.15, 0.2) is 11.2 Å². The van der Waals surface area contributed by atoms with Crippen molar-refractivity contribution in [1.82, 2.24) is 19.1 Å². The highest BCUT2D eigenvalue weighted by atomic mass is 79.9. The van der Waals surface area contributed by atoms with Crippen LogP contribution in [-0.2, 0) is 13.1 Å². The van der Waals surface area contributed by atoms with Crippen LogP contribution in [0.5, 0.6) is 0 Å². The van der Waals surface area contributed by atoms with Crippen LogP contribution in [0.4, 0.5) is 0 Å². The van der Waals surface area contributed by atoms with Crippen molar-refractivity contribution >= 4 is 27.1 Å². The van der Waals surface area contributed by atoms with Crippen LogP contribution in [-0.4, -0.2) is 19.1 Å². The van der Waals surface area contributed by atoms with Crippen molar-refractivity contribution < 1.29 is 0 Å². The van der Waals surface area contributed by atoms with Crippen LogP contribution in [0.2, 0.25) is 0 Å². The first-order valence-electron chi connectivity index (χ1n) is 8.09. The first-order valence-corrected chi connectivity index (χ1v) is 8.88. The number of benzene rings is 2. The Hall–Kier alpha value is -2.93. The van der Waals surface area contributed by atoms with Crippen LogP contribution in [0.25, 0.3) is 11.2 Å². The largest absolute Gasteiger partial charge is 0.330 e. The summed E-state index contributed by atoms with van der Waals surface area (Å²) in [6, 6.07) is 17.4. The molecule has 0 unspecified atom stereocenters. The molecular weight excluding hydrogens is 396 g/mol. The van der Waals surface area contributed by atoms with Gasteiger partial charge in [0.05, 0.1) is 19.4 Å². The Balaban J connectivity index is 1.83. The number of nitrogens with zero attached hydrogens (tertiary/aromatic N) is 3. The van der Waals surface area contributed by atoms with Crippen molar-refractivity contribution in [3.05, 3.63) is 97.4 Å². The molecule has 7 heteroatoms. The molecule has 0 fully saturated rings. The summed E-state index contributed by atoms with van der Waals surface area (Å²) in [7, 11) is 0. The first-order chi connectivity index (χ1) is 12.6. The molecule has 6 nitrogen and oxygen atoms in total. The molecule has 0 aliphatic rings. The smallest absolute Gasteiger partial charge is 0.320 e. The third kappa shape index (κ3) is 3.01. The molecule has 26 heavy (non-hydrogen) atoms. The van der Waals surface area contributed by atoms with E-state index >= 15 is 0 Å². The Morgan fingerprint density at radius 3 is 2.46 bits per heavy atom. The minimum Gasteiger partial charge on any atom is -0.320 e. The Morgan fingerprint density at radius 1 is 0.962 bits per heavy atom. The van der Waals surface area contributed by atoms with E-state index in [-0.39, 0.29) is 0 Å². The average Bonchev–Trinajstić information content (AvgIpc) is 3.05. The van der Waals surface area contributed by atoms with Crippen molar-refractivity contribution in [3.8, 4) is 0 Å². The summed E-state index contributed by atoms with van der Waals surface area (Å²) in [5.41, 5.74) is 1.86. The molecule has 0 saturated carbocycles. The number of aromatic nitrogens is 4. The zero-order valence-electron chi connectivity index (χ0n) is 13.7. The van der Waals surface area contributed by atoms with E-state index in [0.717, 1.165) is 15.6 Å². The molecule has 1 N–H and O–H groups in total. The number of nitrogens with one attached hydrogen (secondary N) is 1. The normalized spacial score (nSPS) is 11.1. The molecule has 0 radical (unpaired) electrons. The van der Waals surface area contributed by atoms with E-state index in [1.54, 1.807) is 10.9 Å². The topological polar surface area (TPSA) is 72.7 Å². The predicted molar refractivity (Wildman–Crippen MR) is 103 cm³/mol. The van der Waals surface area contributed by atoms with Crippen LogP contribution < -0.4 is 11.2 Å². The number of imidazole rings is 1. The summed E-state index contributed by atoms with van der Waals surface area (Å²) in [5, 5.41) is 0. The van der Waals surface area contributed by atoms with Gasteiger partial charge in [0.25, 0.3) is 5.56 Å². The molecule has 0 aliphatic carbocycles. The third-order valence-corrected chi connectivity index (χ3v) is 5.01. The Labute approximate surface area is 156 Å². The van der Waals surface area contributed by atoms with Gasteiger partial charge in [-0.1, -0.05) is 64.5 Å². The summed E-state index contributed by atoms with van der Waals surface area (Å²) < 4.78 is 4.20. The van der Waals surface area contributed by atoms with Crippen molar-refractivity contribution in [2.24, 2.45) is 0 Å². The highest BCUT2D eigenvalue weighted by molar-refractivity contribution is 9.10. The average molecular weight is 411 g/mol. The van der Waals surface area contributed by atoms with E-state index in [9.17, 15) is 9.59 Å². The number of hydrogen-bond acceptors (Lipinski definition) is 3. The van der Waals surface area contributed by atoms with E-state index in [1.807, 2.05) is 54.6 Å². The Morgan fingerprint density at radius 2 is 1.69 bits per heavy atom. The monoisotopic (exact) mass is 410 g/mol. The molecule has 2 aromatic heterocycles. The highest BCUT2D eigenvalue weighted by Gasteiger charge is 2.14. The van der Waals surface area contributed by atoms with Crippen LogP contribution >= 0.6 is 15.9 Å². The molecule has 0 amide bonds. The second-order valence-electron chi connectivity index (χ2n) is 5.97. The number of fused-ring (bicyclic) bond motifs is 1. The van der Waals surface area contributed by atoms with E-state index < -0.39 is 11.2 Å². The van der Waals surface area contributed by atoms with Gasteiger partial charge in [-0.25, -0.2) is 9.78 Å². The van der Waals surface area contributed by atoms with Gasteiger partial charge >= 0.3 is 5.69 Å². The number of hydrogen-bond donors (Lipinski definition) is 1. The van der Waals surface area contributed by atoms with Crippen molar-refractivity contribution in [2.45, 2.75) is 13.1 Å². The van der Waals surface area contributed by atoms with Crippen molar-refractivity contribution in [1.29, 1.82) is 0 Å². The summed E-state index contributed by atoms with van der Waals surface area (Å²) >= 11 is 3.52. The van der Waals surface area contributed by atoms with Gasteiger partial charge in [-0.15, -0.1) is 0 Å². The summed E-state index contributed by atoms with van der Waals surface area (Å²) in [5.74, 6) is 0. The maximum absolute atomic E-state index is 12.4. The van der Waals surface area contributed by atoms with Gasteiger partial charge in [0, 0.05) is 4.47 Å². The van der Waals surface area contributed by atoms with Crippen molar-refractivity contribution in [3.63, 3.8) is 0 Å². The van der Waals surface area contributed by atoms with Gasteiger partial charge in [-0.3, -0.25) is 14.3 Å². The molecule has 0 spiro atoms. The minimum atomic E-state index is -0.461. The summed E-state index contributed by atoms with van der Waals surface area (Å²) in [6.07, 6.45) is 1.60. The van der Waals surface area contributed by atoms with Gasteiger partial charge in [0.1, 0.15) is 0 Å². The quantitative estimate of drug-likeness (QED) is 0.562. The predicted octanol–water partition coefficient (Wildman–Crippen LogP) is 2.75. The van der Waals surface area contributed by atoms with Gasteiger partial charge in [-0.05, 0) is 17.2 Å². The summed E-state index contributed by atoms with van der Waals surface area (Å²) in [4.78, 5) is 31.5. The van der Waals surface area contributed by atoms with Crippen LogP contribution in [0.15, 0.2) is 75.0 Å².